The van der Waals surface area contributed by atoms with Crippen molar-refractivity contribution in [1.82, 2.24) is 10.2 Å². The van der Waals surface area contributed by atoms with Crippen molar-refractivity contribution in [3.8, 4) is 5.75 Å². The molecule has 1 aromatic carbocycles. The number of thiophene rings is 1. The maximum absolute atomic E-state index is 12.1. The molecule has 1 aromatic heterocycles. The Kier molecular flexibility index (Phi) is 7.16. The lowest BCUT2D eigenvalue weighted by Gasteiger charge is -2.15. The second-order valence-corrected chi connectivity index (χ2v) is 6.51. The van der Waals surface area contributed by atoms with Gasteiger partial charge in [-0.25, -0.2) is 4.79 Å². The van der Waals surface area contributed by atoms with Crippen molar-refractivity contribution >= 4 is 29.1 Å². The van der Waals surface area contributed by atoms with E-state index in [1.165, 1.54) is 16.2 Å². The first-order chi connectivity index (χ1) is 12.5. The molecule has 0 saturated heterocycles. The highest BCUT2D eigenvalue weighted by atomic mass is 32.1. The summed E-state index contributed by atoms with van der Waals surface area (Å²) in [5, 5.41) is 13.2. The van der Waals surface area contributed by atoms with E-state index in [-0.39, 0.29) is 25.0 Å². The predicted octanol–water partition coefficient (Wildman–Crippen LogP) is 1.64. The number of nitrogens with zero attached hydrogens (tertiary/aromatic N) is 1. The summed E-state index contributed by atoms with van der Waals surface area (Å²) >= 11 is 1.34. The normalized spacial score (nSPS) is 10.2. The number of carbonyl (C=O) groups excluding carboxylic acids is 2. The number of carbonyl (C=O) groups is 3. The van der Waals surface area contributed by atoms with Gasteiger partial charge in [0.05, 0.1) is 11.4 Å². The van der Waals surface area contributed by atoms with E-state index in [0.29, 0.717) is 23.6 Å². The summed E-state index contributed by atoms with van der Waals surface area (Å²) in [4.78, 5) is 36.4. The van der Waals surface area contributed by atoms with Crippen LogP contribution in [0.1, 0.15) is 15.2 Å². The first-order valence-corrected chi connectivity index (χ1v) is 8.83. The zero-order valence-electron chi connectivity index (χ0n) is 14.3. The second-order valence-electron chi connectivity index (χ2n) is 5.56. The number of carboxylic acids is 1. The van der Waals surface area contributed by atoms with Gasteiger partial charge in [-0.3, -0.25) is 9.59 Å². The molecule has 0 aliphatic rings. The zero-order chi connectivity index (χ0) is 18.9. The summed E-state index contributed by atoms with van der Waals surface area (Å²) in [5.74, 6) is -0.945. The molecule has 2 aromatic rings. The fourth-order valence-electron chi connectivity index (χ4n) is 2.18. The molecule has 0 saturated carbocycles. The van der Waals surface area contributed by atoms with E-state index < -0.39 is 5.97 Å². The molecule has 2 N–H and O–H groups in total. The third-order valence-electron chi connectivity index (χ3n) is 3.48. The van der Waals surface area contributed by atoms with Crippen LogP contribution in [0.5, 0.6) is 5.75 Å². The minimum atomic E-state index is -1.03. The Hall–Kier alpha value is -2.87. The molecule has 138 valence electrons. The van der Waals surface area contributed by atoms with Gasteiger partial charge in [-0.05, 0) is 35.6 Å². The Labute approximate surface area is 155 Å². The number of rotatable bonds is 9. The van der Waals surface area contributed by atoms with Crippen molar-refractivity contribution in [3.63, 3.8) is 0 Å². The van der Waals surface area contributed by atoms with Gasteiger partial charge in [0.15, 0.2) is 6.61 Å². The molecular weight excluding hydrogens is 356 g/mol. The van der Waals surface area contributed by atoms with Gasteiger partial charge in [0, 0.05) is 13.6 Å². The molecule has 0 fully saturated rings. The summed E-state index contributed by atoms with van der Waals surface area (Å²) in [6, 6.07) is 10.5. The van der Waals surface area contributed by atoms with Crippen molar-refractivity contribution < 1.29 is 24.2 Å². The van der Waals surface area contributed by atoms with E-state index in [1.54, 1.807) is 31.3 Å². The highest BCUT2D eigenvalue weighted by Crippen LogP contribution is 2.12. The number of nitrogens with one attached hydrogen (secondary N) is 1. The summed E-state index contributed by atoms with van der Waals surface area (Å²) in [6.07, 6.45) is 0.619. The molecule has 2 amide bonds. The number of hydrogen-bond donors (Lipinski definition) is 2. The van der Waals surface area contributed by atoms with Gasteiger partial charge in [-0.1, -0.05) is 18.2 Å². The monoisotopic (exact) mass is 376 g/mol. The van der Waals surface area contributed by atoms with Crippen LogP contribution >= 0.6 is 11.3 Å². The average molecular weight is 376 g/mol. The summed E-state index contributed by atoms with van der Waals surface area (Å²) in [6.45, 7) is 0.0566. The standard InChI is InChI=1S/C18H20N2O5S/c1-20(18(24)15-3-2-10-26-15)11-16(21)19-9-8-13-4-6-14(7-5-13)25-12-17(22)23/h2-7,10H,8-9,11-12H2,1H3,(H,19,21)(H,22,23). The van der Waals surface area contributed by atoms with Gasteiger partial charge >= 0.3 is 5.97 Å². The van der Waals surface area contributed by atoms with Crippen molar-refractivity contribution in [2.75, 3.05) is 26.7 Å². The van der Waals surface area contributed by atoms with E-state index in [2.05, 4.69) is 5.32 Å². The molecule has 0 bridgehead atoms. The maximum atomic E-state index is 12.1. The van der Waals surface area contributed by atoms with Crippen molar-refractivity contribution in [3.05, 3.63) is 52.2 Å². The Balaban J connectivity index is 1.71. The minimum Gasteiger partial charge on any atom is -0.482 e. The van der Waals surface area contributed by atoms with E-state index in [0.717, 1.165) is 5.56 Å². The molecular formula is C18H20N2O5S. The van der Waals surface area contributed by atoms with Crippen LogP contribution in [-0.4, -0.2) is 54.5 Å². The molecule has 2 rings (SSSR count). The van der Waals surface area contributed by atoms with Gasteiger partial charge in [0.25, 0.3) is 5.91 Å². The van der Waals surface area contributed by atoms with E-state index in [1.807, 2.05) is 17.5 Å². The molecule has 0 aliphatic carbocycles. The van der Waals surface area contributed by atoms with Crippen molar-refractivity contribution in [2.45, 2.75) is 6.42 Å². The zero-order valence-corrected chi connectivity index (χ0v) is 15.1. The third kappa shape index (κ3) is 6.21. The number of hydrogen-bond acceptors (Lipinski definition) is 5. The fourth-order valence-corrected chi connectivity index (χ4v) is 2.89. The summed E-state index contributed by atoms with van der Waals surface area (Å²) in [5.41, 5.74) is 0.982. The Bertz CT molecular complexity index is 743. The van der Waals surface area contributed by atoms with Crippen LogP contribution in [0, 0.1) is 0 Å². The number of likely N-dealkylation sites (N-methyl/N-ethyl adjacent to an activating group) is 1. The van der Waals surface area contributed by atoms with Gasteiger partial charge in [0.1, 0.15) is 5.75 Å². The van der Waals surface area contributed by atoms with Crippen LogP contribution in [0.3, 0.4) is 0 Å². The first-order valence-electron chi connectivity index (χ1n) is 7.95. The fraction of sp³-hybridized carbons (Fsp3) is 0.278. The maximum Gasteiger partial charge on any atom is 0.341 e. The predicted molar refractivity (Wildman–Crippen MR) is 97.6 cm³/mol. The Morgan fingerprint density at radius 2 is 1.92 bits per heavy atom. The van der Waals surface area contributed by atoms with Crippen LogP contribution in [-0.2, 0) is 16.0 Å². The quantitative estimate of drug-likeness (QED) is 0.694. The van der Waals surface area contributed by atoms with Gasteiger partial charge in [-0.2, -0.15) is 0 Å². The largest absolute Gasteiger partial charge is 0.482 e. The SMILES string of the molecule is CN(CC(=O)NCCc1ccc(OCC(=O)O)cc1)C(=O)c1cccs1. The number of amides is 2. The molecule has 0 unspecified atom stereocenters. The van der Waals surface area contributed by atoms with E-state index >= 15 is 0 Å². The minimum absolute atomic E-state index is 0.00129. The first kappa shape index (κ1) is 19.5. The Morgan fingerprint density at radius 3 is 2.54 bits per heavy atom. The van der Waals surface area contributed by atoms with Gasteiger partial charge in [-0.15, -0.1) is 11.3 Å². The molecule has 7 nitrogen and oxygen atoms in total. The molecule has 0 radical (unpaired) electrons. The van der Waals surface area contributed by atoms with Crippen LogP contribution in [0.15, 0.2) is 41.8 Å². The average Bonchev–Trinajstić information content (AvgIpc) is 3.14. The van der Waals surface area contributed by atoms with E-state index in [9.17, 15) is 14.4 Å². The van der Waals surface area contributed by atoms with Crippen LogP contribution in [0.2, 0.25) is 0 Å². The van der Waals surface area contributed by atoms with Crippen LogP contribution in [0.4, 0.5) is 0 Å². The number of ether oxygens (including phenoxy) is 1. The molecule has 26 heavy (non-hydrogen) atoms. The highest BCUT2D eigenvalue weighted by Gasteiger charge is 2.15. The lowest BCUT2D eigenvalue weighted by atomic mass is 10.1. The molecule has 1 heterocycles. The van der Waals surface area contributed by atoms with E-state index in [4.69, 9.17) is 9.84 Å². The lowest BCUT2D eigenvalue weighted by Crippen LogP contribution is -2.38. The van der Waals surface area contributed by atoms with Gasteiger partial charge in [0.2, 0.25) is 5.91 Å². The van der Waals surface area contributed by atoms with Crippen LogP contribution < -0.4 is 10.1 Å². The van der Waals surface area contributed by atoms with Gasteiger partial charge < -0.3 is 20.1 Å². The Morgan fingerprint density at radius 1 is 1.19 bits per heavy atom. The molecule has 0 aliphatic heterocycles. The number of benzene rings is 1. The lowest BCUT2D eigenvalue weighted by molar-refractivity contribution is -0.139. The van der Waals surface area contributed by atoms with Crippen molar-refractivity contribution in [2.24, 2.45) is 0 Å². The molecule has 0 atom stereocenters. The summed E-state index contributed by atoms with van der Waals surface area (Å²) in [7, 11) is 1.59. The topological polar surface area (TPSA) is 95.9 Å². The third-order valence-corrected chi connectivity index (χ3v) is 4.34. The smallest absolute Gasteiger partial charge is 0.341 e. The summed E-state index contributed by atoms with van der Waals surface area (Å²) < 4.78 is 5.06. The number of aliphatic carboxylic acids is 1. The van der Waals surface area contributed by atoms with Crippen molar-refractivity contribution in [1.29, 1.82) is 0 Å². The molecule has 0 spiro atoms. The molecule has 8 heteroatoms. The second kappa shape index (κ2) is 9.57. The highest BCUT2D eigenvalue weighted by molar-refractivity contribution is 7.12. The van der Waals surface area contributed by atoms with Crippen LogP contribution in [0.25, 0.3) is 0 Å². The number of carboxylic acid groups (broad SMARTS) is 1.